The zero-order valence-corrected chi connectivity index (χ0v) is 12.7. The smallest absolute Gasteiger partial charge is 0.321 e. The Bertz CT molecular complexity index is 978. The number of pyridine rings is 1. The minimum atomic E-state index is -4.58. The maximum absolute atomic E-state index is 13.2. The Labute approximate surface area is 137 Å². The summed E-state index contributed by atoms with van der Waals surface area (Å²) in [6.45, 7) is 1.46. The summed E-state index contributed by atoms with van der Waals surface area (Å²) in [5.74, 6) is -3.04. The summed E-state index contributed by atoms with van der Waals surface area (Å²) in [4.78, 5) is 16.4. The summed E-state index contributed by atoms with van der Waals surface area (Å²) in [6.07, 6.45) is -3.82. The van der Waals surface area contributed by atoms with Crippen molar-refractivity contribution in [1.82, 2.24) is 9.38 Å². The van der Waals surface area contributed by atoms with Crippen LogP contribution in [0.2, 0.25) is 0 Å². The first-order valence-corrected chi connectivity index (χ1v) is 6.99. The van der Waals surface area contributed by atoms with E-state index >= 15 is 0 Å². The van der Waals surface area contributed by atoms with Gasteiger partial charge in [-0.2, -0.15) is 13.2 Å². The van der Waals surface area contributed by atoms with Gasteiger partial charge in [-0.1, -0.05) is 0 Å². The molecule has 0 aliphatic carbocycles. The van der Waals surface area contributed by atoms with Gasteiger partial charge >= 0.3 is 6.18 Å². The van der Waals surface area contributed by atoms with Crippen LogP contribution < -0.4 is 5.32 Å². The lowest BCUT2D eigenvalue weighted by molar-refractivity contribution is -0.137. The van der Waals surface area contributed by atoms with E-state index in [1.54, 1.807) is 0 Å². The number of hydrogen-bond acceptors (Lipinski definition) is 2. The Morgan fingerprint density at radius 2 is 1.84 bits per heavy atom. The van der Waals surface area contributed by atoms with Crippen LogP contribution in [0.15, 0.2) is 36.5 Å². The van der Waals surface area contributed by atoms with Crippen LogP contribution in [0.5, 0.6) is 0 Å². The molecule has 0 fully saturated rings. The molecule has 0 aliphatic rings. The molecule has 9 heteroatoms. The lowest BCUT2D eigenvalue weighted by atomic mass is 10.2. The van der Waals surface area contributed by atoms with Crippen LogP contribution >= 0.6 is 0 Å². The molecule has 2 aromatic heterocycles. The van der Waals surface area contributed by atoms with Crippen LogP contribution in [0.25, 0.3) is 5.65 Å². The first kappa shape index (κ1) is 16.9. The second kappa shape index (κ2) is 5.83. The number of aryl methyl sites for hydroxylation is 1. The van der Waals surface area contributed by atoms with Crippen LogP contribution in [-0.2, 0) is 6.18 Å². The van der Waals surface area contributed by atoms with Gasteiger partial charge in [-0.05, 0) is 31.2 Å². The molecule has 1 N–H and O–H groups in total. The highest BCUT2D eigenvalue weighted by Gasteiger charge is 2.31. The van der Waals surface area contributed by atoms with Crippen LogP contribution in [0.1, 0.15) is 21.7 Å². The number of amides is 1. The van der Waals surface area contributed by atoms with Crippen molar-refractivity contribution in [2.45, 2.75) is 13.1 Å². The number of hydrogen-bond donors (Lipinski definition) is 1. The fourth-order valence-corrected chi connectivity index (χ4v) is 2.37. The van der Waals surface area contributed by atoms with Gasteiger partial charge in [0.2, 0.25) is 0 Å². The number of benzene rings is 1. The molecule has 3 aromatic rings. The van der Waals surface area contributed by atoms with Gasteiger partial charge in [0, 0.05) is 18.0 Å². The maximum Gasteiger partial charge on any atom is 0.417 e. The molecule has 4 nitrogen and oxygen atoms in total. The minimum Gasteiger partial charge on any atom is -0.321 e. The van der Waals surface area contributed by atoms with E-state index in [4.69, 9.17) is 0 Å². The van der Waals surface area contributed by atoms with E-state index in [2.05, 4.69) is 10.3 Å². The Kier molecular flexibility index (Phi) is 3.94. The zero-order valence-electron chi connectivity index (χ0n) is 12.7. The second-order valence-electron chi connectivity index (χ2n) is 5.27. The van der Waals surface area contributed by atoms with Gasteiger partial charge in [0.15, 0.2) is 11.6 Å². The van der Waals surface area contributed by atoms with E-state index in [9.17, 15) is 26.7 Å². The van der Waals surface area contributed by atoms with Crippen LogP contribution in [0.4, 0.5) is 27.6 Å². The standard InChI is InChI=1S/C16H10F5N3O/c1-8-14(15(25)23-10-3-4-11(17)12(18)6-10)24-7-9(16(19,20)21)2-5-13(24)22-8/h2-7H,1H3,(H,23,25). The normalized spacial score (nSPS) is 11.8. The highest BCUT2D eigenvalue weighted by molar-refractivity contribution is 6.04. The molecule has 0 radical (unpaired) electrons. The topological polar surface area (TPSA) is 46.4 Å². The number of rotatable bonds is 2. The molecule has 25 heavy (non-hydrogen) atoms. The van der Waals surface area contributed by atoms with E-state index in [1.165, 1.54) is 6.92 Å². The monoisotopic (exact) mass is 355 g/mol. The molecular formula is C16H10F5N3O. The van der Waals surface area contributed by atoms with E-state index < -0.39 is 29.3 Å². The van der Waals surface area contributed by atoms with E-state index in [0.717, 1.165) is 40.9 Å². The van der Waals surface area contributed by atoms with Gasteiger partial charge in [-0.25, -0.2) is 13.8 Å². The number of carbonyl (C=O) groups excluding carboxylic acids is 1. The largest absolute Gasteiger partial charge is 0.417 e. The number of carbonyl (C=O) groups is 1. The van der Waals surface area contributed by atoms with Gasteiger partial charge in [0.05, 0.1) is 11.3 Å². The number of imidazole rings is 1. The van der Waals surface area contributed by atoms with Crippen molar-refractivity contribution in [1.29, 1.82) is 0 Å². The minimum absolute atomic E-state index is 0.0368. The Morgan fingerprint density at radius 3 is 2.48 bits per heavy atom. The van der Waals surface area contributed by atoms with Crippen molar-refractivity contribution >= 4 is 17.2 Å². The van der Waals surface area contributed by atoms with Crippen molar-refractivity contribution < 1.29 is 26.7 Å². The lowest BCUT2D eigenvalue weighted by Gasteiger charge is -2.09. The first-order valence-electron chi connectivity index (χ1n) is 6.99. The van der Waals surface area contributed by atoms with Crippen LogP contribution in [-0.4, -0.2) is 15.3 Å². The quantitative estimate of drug-likeness (QED) is 0.701. The molecule has 0 spiro atoms. The number of anilines is 1. The number of alkyl halides is 3. The Morgan fingerprint density at radius 1 is 1.12 bits per heavy atom. The fraction of sp³-hybridized carbons (Fsp3) is 0.125. The van der Waals surface area contributed by atoms with E-state index in [0.29, 0.717) is 0 Å². The van der Waals surface area contributed by atoms with Crippen molar-refractivity contribution in [3.05, 3.63) is 65.1 Å². The third-order valence-corrected chi connectivity index (χ3v) is 3.51. The first-order chi connectivity index (χ1) is 11.7. The molecule has 0 saturated heterocycles. The van der Waals surface area contributed by atoms with Crippen LogP contribution in [0.3, 0.4) is 0 Å². The fourth-order valence-electron chi connectivity index (χ4n) is 2.37. The molecule has 0 aliphatic heterocycles. The maximum atomic E-state index is 13.2. The number of nitrogens with one attached hydrogen (secondary N) is 1. The molecule has 0 atom stereocenters. The molecule has 0 saturated carbocycles. The summed E-state index contributed by atoms with van der Waals surface area (Å²) in [6, 6.07) is 4.74. The third-order valence-electron chi connectivity index (χ3n) is 3.51. The predicted molar refractivity (Wildman–Crippen MR) is 79.2 cm³/mol. The van der Waals surface area contributed by atoms with Crippen molar-refractivity contribution in [2.75, 3.05) is 5.32 Å². The Hall–Kier alpha value is -2.97. The van der Waals surface area contributed by atoms with Crippen molar-refractivity contribution in [2.24, 2.45) is 0 Å². The van der Waals surface area contributed by atoms with Gasteiger partial charge in [-0.3, -0.25) is 9.20 Å². The third kappa shape index (κ3) is 3.17. The summed E-state index contributed by atoms with van der Waals surface area (Å²) in [5, 5.41) is 2.32. The van der Waals surface area contributed by atoms with Gasteiger partial charge in [0.25, 0.3) is 5.91 Å². The predicted octanol–water partition coefficient (Wildman–Crippen LogP) is 4.19. The summed E-state index contributed by atoms with van der Waals surface area (Å²) >= 11 is 0. The molecule has 0 bridgehead atoms. The number of halogens is 5. The SMILES string of the molecule is Cc1nc2ccc(C(F)(F)F)cn2c1C(=O)Nc1ccc(F)c(F)c1. The van der Waals surface area contributed by atoms with E-state index in [-0.39, 0.29) is 22.7 Å². The number of nitrogens with zero attached hydrogens (tertiary/aromatic N) is 2. The summed E-state index contributed by atoms with van der Waals surface area (Å²) in [5.41, 5.74) is -0.768. The molecule has 130 valence electrons. The molecule has 2 heterocycles. The number of aromatic nitrogens is 2. The Balaban J connectivity index is 2.03. The molecule has 1 aromatic carbocycles. The zero-order chi connectivity index (χ0) is 18.4. The number of fused-ring (bicyclic) bond motifs is 1. The van der Waals surface area contributed by atoms with Crippen molar-refractivity contribution in [3.8, 4) is 0 Å². The van der Waals surface area contributed by atoms with Gasteiger partial charge < -0.3 is 5.32 Å². The van der Waals surface area contributed by atoms with Gasteiger partial charge in [0.1, 0.15) is 11.3 Å². The molecule has 0 unspecified atom stereocenters. The summed E-state index contributed by atoms with van der Waals surface area (Å²) < 4.78 is 65.8. The highest BCUT2D eigenvalue weighted by atomic mass is 19.4. The average Bonchev–Trinajstić information content (AvgIpc) is 2.85. The molecule has 1 amide bonds. The van der Waals surface area contributed by atoms with Gasteiger partial charge in [-0.15, -0.1) is 0 Å². The highest BCUT2D eigenvalue weighted by Crippen LogP contribution is 2.30. The van der Waals surface area contributed by atoms with Crippen LogP contribution in [0, 0.1) is 18.6 Å². The van der Waals surface area contributed by atoms with E-state index in [1.807, 2.05) is 0 Å². The molecular weight excluding hydrogens is 345 g/mol. The second-order valence-corrected chi connectivity index (χ2v) is 5.27. The van der Waals surface area contributed by atoms with Crippen molar-refractivity contribution in [3.63, 3.8) is 0 Å². The lowest BCUT2D eigenvalue weighted by Crippen LogP contribution is -2.16. The summed E-state index contributed by atoms with van der Waals surface area (Å²) in [7, 11) is 0. The molecule has 3 rings (SSSR count). The average molecular weight is 355 g/mol.